The van der Waals surface area contributed by atoms with E-state index in [2.05, 4.69) is 10.3 Å². The van der Waals surface area contributed by atoms with Crippen LogP contribution in [-0.2, 0) is 41.4 Å². The molecule has 1 aromatic heterocycles. The molecule has 9 nitrogen and oxygen atoms in total. The highest BCUT2D eigenvalue weighted by molar-refractivity contribution is 7.92. The van der Waals surface area contributed by atoms with E-state index in [1.54, 1.807) is 17.2 Å². The van der Waals surface area contributed by atoms with Gasteiger partial charge in [0.1, 0.15) is 18.0 Å². The number of nitrogens with one attached hydrogen (secondary N) is 2. The van der Waals surface area contributed by atoms with E-state index in [0.717, 1.165) is 12.1 Å². The minimum atomic E-state index is -4.21. The standard InChI is InChI=1S/C17H20FN5O4S/c1-22-9-19-6-12(22)7-20-11-3-2-10-4-14(24)17(16(18)13(10)5-11)23-8-15(25)21-28(23,26)27/h4,6,9,11,20,24H,2-3,5,7-8H2,1H3,(H,21,25)/t11-/m1/s1. The summed E-state index contributed by atoms with van der Waals surface area (Å²) < 4.78 is 43.6. The van der Waals surface area contributed by atoms with Gasteiger partial charge in [-0.2, -0.15) is 8.42 Å². The van der Waals surface area contributed by atoms with Crippen LogP contribution in [0.3, 0.4) is 0 Å². The van der Waals surface area contributed by atoms with Crippen LogP contribution < -0.4 is 14.3 Å². The Balaban J connectivity index is 1.61. The van der Waals surface area contributed by atoms with Gasteiger partial charge in [-0.25, -0.2) is 18.4 Å². The molecule has 4 rings (SSSR count). The fraction of sp³-hybridized carbons (Fsp3) is 0.412. The van der Waals surface area contributed by atoms with Crippen LogP contribution in [0.2, 0.25) is 0 Å². The number of amides is 1. The third kappa shape index (κ3) is 3.20. The highest BCUT2D eigenvalue weighted by Gasteiger charge is 2.39. The van der Waals surface area contributed by atoms with E-state index >= 15 is 4.39 Å². The van der Waals surface area contributed by atoms with Gasteiger partial charge >= 0.3 is 10.2 Å². The Morgan fingerprint density at radius 2 is 2.25 bits per heavy atom. The molecule has 2 aromatic rings. The van der Waals surface area contributed by atoms with Gasteiger partial charge in [-0.15, -0.1) is 0 Å². The second-order valence-electron chi connectivity index (χ2n) is 7.05. The molecule has 1 atom stereocenters. The Morgan fingerprint density at radius 3 is 2.89 bits per heavy atom. The van der Waals surface area contributed by atoms with Crippen LogP contribution in [0.25, 0.3) is 0 Å². The summed E-state index contributed by atoms with van der Waals surface area (Å²) in [5, 5.41) is 13.6. The number of anilines is 1. The van der Waals surface area contributed by atoms with E-state index in [0.29, 0.717) is 34.8 Å². The maximum absolute atomic E-state index is 15.2. The van der Waals surface area contributed by atoms with E-state index in [4.69, 9.17) is 0 Å². The highest BCUT2D eigenvalue weighted by atomic mass is 32.2. The Labute approximate surface area is 161 Å². The largest absolute Gasteiger partial charge is 0.506 e. The van der Waals surface area contributed by atoms with Crippen LogP contribution in [0.1, 0.15) is 23.2 Å². The minimum Gasteiger partial charge on any atom is -0.506 e. The number of carbonyl (C=O) groups excluding carboxylic acids is 1. The second kappa shape index (κ2) is 6.74. The number of aromatic hydroxyl groups is 1. The SMILES string of the molecule is Cn1cncc1CN[C@@H]1CCc2cc(O)c(N3CC(=O)NS3(=O)=O)c(F)c2C1. The molecule has 1 saturated heterocycles. The first-order valence-electron chi connectivity index (χ1n) is 8.81. The lowest BCUT2D eigenvalue weighted by Crippen LogP contribution is -2.36. The third-order valence-electron chi connectivity index (χ3n) is 5.18. The first kappa shape index (κ1) is 18.7. The first-order valence-corrected chi connectivity index (χ1v) is 10.3. The highest BCUT2D eigenvalue weighted by Crippen LogP contribution is 2.39. The molecular formula is C17H20FN5O4S. The van der Waals surface area contributed by atoms with Crippen molar-refractivity contribution < 1.29 is 22.7 Å². The first-order chi connectivity index (χ1) is 13.3. The fourth-order valence-corrected chi connectivity index (χ4v) is 4.86. The number of aromatic nitrogens is 2. The number of benzene rings is 1. The molecule has 0 spiro atoms. The lowest BCUT2D eigenvalue weighted by Gasteiger charge is -2.28. The van der Waals surface area contributed by atoms with Gasteiger partial charge in [0.15, 0.2) is 5.82 Å². The lowest BCUT2D eigenvalue weighted by atomic mass is 9.87. The van der Waals surface area contributed by atoms with Gasteiger partial charge in [0.2, 0.25) is 0 Å². The number of hydrogen-bond donors (Lipinski definition) is 3. The number of carbonyl (C=O) groups is 1. The molecule has 1 aromatic carbocycles. The molecule has 2 aliphatic rings. The zero-order valence-corrected chi connectivity index (χ0v) is 16.0. The molecule has 3 N–H and O–H groups in total. The number of rotatable bonds is 4. The Hall–Kier alpha value is -2.66. The Kier molecular flexibility index (Phi) is 4.50. The minimum absolute atomic E-state index is 0.00997. The van der Waals surface area contributed by atoms with E-state index in [1.165, 1.54) is 6.07 Å². The van der Waals surface area contributed by atoms with E-state index < -0.39 is 39.9 Å². The predicted molar refractivity (Wildman–Crippen MR) is 98.3 cm³/mol. The smallest absolute Gasteiger partial charge is 0.326 e. The number of phenolic OH excluding ortho intramolecular Hbond substituents is 1. The van der Waals surface area contributed by atoms with Gasteiger partial charge in [-0.05, 0) is 36.5 Å². The summed E-state index contributed by atoms with van der Waals surface area (Å²) >= 11 is 0. The number of phenols is 1. The quantitative estimate of drug-likeness (QED) is 0.659. The van der Waals surface area contributed by atoms with Crippen molar-refractivity contribution in [2.45, 2.75) is 31.8 Å². The van der Waals surface area contributed by atoms with Crippen molar-refractivity contribution in [1.29, 1.82) is 0 Å². The maximum atomic E-state index is 15.2. The molecule has 11 heteroatoms. The fourth-order valence-electron chi connectivity index (χ4n) is 3.70. The zero-order valence-electron chi connectivity index (χ0n) is 15.1. The molecule has 0 unspecified atom stereocenters. The molecule has 150 valence electrons. The lowest BCUT2D eigenvalue weighted by molar-refractivity contribution is -0.117. The average molecular weight is 409 g/mol. The number of imidazole rings is 1. The molecule has 1 aliphatic heterocycles. The van der Waals surface area contributed by atoms with Gasteiger partial charge < -0.3 is 15.0 Å². The number of fused-ring (bicyclic) bond motifs is 1. The van der Waals surface area contributed by atoms with Gasteiger partial charge in [0.25, 0.3) is 5.91 Å². The van der Waals surface area contributed by atoms with E-state index in [9.17, 15) is 18.3 Å². The van der Waals surface area contributed by atoms with Gasteiger partial charge in [0.05, 0.1) is 12.0 Å². The van der Waals surface area contributed by atoms with Crippen molar-refractivity contribution in [3.8, 4) is 5.75 Å². The number of halogens is 1. The summed E-state index contributed by atoms with van der Waals surface area (Å²) in [6.07, 6.45) is 5.11. The van der Waals surface area contributed by atoms with Crippen molar-refractivity contribution in [2.75, 3.05) is 10.8 Å². The molecule has 0 bridgehead atoms. The molecule has 1 fully saturated rings. The molecular weight excluding hydrogens is 389 g/mol. The van der Waals surface area contributed by atoms with Crippen molar-refractivity contribution >= 4 is 21.8 Å². The van der Waals surface area contributed by atoms with Crippen molar-refractivity contribution in [3.63, 3.8) is 0 Å². The molecule has 28 heavy (non-hydrogen) atoms. The topological polar surface area (TPSA) is 117 Å². The van der Waals surface area contributed by atoms with E-state index in [1.807, 2.05) is 11.6 Å². The van der Waals surface area contributed by atoms with Crippen LogP contribution >= 0.6 is 0 Å². The zero-order chi connectivity index (χ0) is 20.1. The maximum Gasteiger partial charge on any atom is 0.326 e. The molecule has 1 aliphatic carbocycles. The van der Waals surface area contributed by atoms with Crippen LogP contribution in [-0.4, -0.2) is 41.6 Å². The van der Waals surface area contributed by atoms with Gasteiger partial charge in [-0.1, -0.05) is 0 Å². The van der Waals surface area contributed by atoms with Crippen LogP contribution in [0.5, 0.6) is 5.75 Å². The summed E-state index contributed by atoms with van der Waals surface area (Å²) in [7, 11) is -2.32. The third-order valence-corrected chi connectivity index (χ3v) is 6.56. The summed E-state index contributed by atoms with van der Waals surface area (Å²) in [5.74, 6) is -2.06. The Morgan fingerprint density at radius 1 is 1.46 bits per heavy atom. The monoisotopic (exact) mass is 409 g/mol. The normalized spacial score (nSPS) is 20.9. The van der Waals surface area contributed by atoms with Crippen molar-refractivity contribution in [1.82, 2.24) is 19.6 Å². The van der Waals surface area contributed by atoms with Crippen LogP contribution in [0, 0.1) is 5.82 Å². The molecule has 2 heterocycles. The summed E-state index contributed by atoms with van der Waals surface area (Å²) in [4.78, 5) is 15.5. The summed E-state index contributed by atoms with van der Waals surface area (Å²) in [5.41, 5.74) is 1.51. The Bertz CT molecular complexity index is 1050. The number of hydrogen-bond acceptors (Lipinski definition) is 6. The second-order valence-corrected chi connectivity index (χ2v) is 8.64. The summed E-state index contributed by atoms with van der Waals surface area (Å²) in [6.45, 7) is 0.00968. The van der Waals surface area contributed by atoms with Crippen LogP contribution in [0.4, 0.5) is 10.1 Å². The number of nitrogens with zero attached hydrogens (tertiary/aromatic N) is 3. The van der Waals surface area contributed by atoms with Gasteiger partial charge in [-0.3, -0.25) is 4.79 Å². The molecule has 0 saturated carbocycles. The number of aryl methyl sites for hydroxylation is 2. The van der Waals surface area contributed by atoms with Crippen LogP contribution in [0.15, 0.2) is 18.6 Å². The van der Waals surface area contributed by atoms with Crippen molar-refractivity contribution in [3.05, 3.63) is 41.2 Å². The molecule has 0 radical (unpaired) electrons. The predicted octanol–water partition coefficient (Wildman–Crippen LogP) is 0.0929. The molecule has 1 amide bonds. The average Bonchev–Trinajstić information content (AvgIpc) is 3.15. The van der Waals surface area contributed by atoms with Crippen molar-refractivity contribution in [2.24, 2.45) is 7.05 Å². The van der Waals surface area contributed by atoms with E-state index in [-0.39, 0.29) is 6.04 Å². The summed E-state index contributed by atoms with van der Waals surface area (Å²) in [6, 6.07) is 1.38. The van der Waals surface area contributed by atoms with Gasteiger partial charge in [0, 0.05) is 25.8 Å².